The summed E-state index contributed by atoms with van der Waals surface area (Å²) in [4.78, 5) is 0. The Morgan fingerprint density at radius 1 is 1.29 bits per heavy atom. The van der Waals surface area contributed by atoms with Gasteiger partial charge in [-0.25, -0.2) is 8.78 Å². The van der Waals surface area contributed by atoms with Gasteiger partial charge in [0.25, 0.3) is 0 Å². The van der Waals surface area contributed by atoms with Crippen molar-refractivity contribution in [3.8, 4) is 11.5 Å². The summed E-state index contributed by atoms with van der Waals surface area (Å²) in [6, 6.07) is 5.03. The van der Waals surface area contributed by atoms with Crippen molar-refractivity contribution >= 4 is 33.2 Å². The molecular weight excluding hydrogens is 368 g/mol. The average Bonchev–Trinajstić information content (AvgIpc) is 2.41. The van der Waals surface area contributed by atoms with E-state index in [0.29, 0.717) is 4.47 Å². The first-order chi connectivity index (χ1) is 9.92. The molecule has 3 nitrogen and oxygen atoms in total. The summed E-state index contributed by atoms with van der Waals surface area (Å²) in [6.45, 7) is 0.220. The number of ether oxygens (including phenoxy) is 1. The molecule has 0 heterocycles. The normalized spacial score (nSPS) is 10.5. The molecule has 2 aromatic carbocycles. The van der Waals surface area contributed by atoms with Crippen LogP contribution in [0.4, 0.5) is 14.5 Å². The summed E-state index contributed by atoms with van der Waals surface area (Å²) in [5.74, 6) is -1.25. The number of phenols is 1. The van der Waals surface area contributed by atoms with E-state index in [1.807, 2.05) is 0 Å². The molecule has 0 aliphatic heterocycles. The van der Waals surface area contributed by atoms with Crippen molar-refractivity contribution in [2.24, 2.45) is 0 Å². The zero-order chi connectivity index (χ0) is 15.6. The molecule has 0 saturated carbocycles. The average molecular weight is 379 g/mol. The molecule has 0 saturated heterocycles. The molecule has 2 aromatic rings. The Hall–Kier alpha value is -1.53. The predicted molar refractivity (Wildman–Crippen MR) is 81.1 cm³/mol. The third kappa shape index (κ3) is 3.57. The van der Waals surface area contributed by atoms with Crippen LogP contribution in [0.2, 0.25) is 5.02 Å². The van der Waals surface area contributed by atoms with Crippen LogP contribution in [0.3, 0.4) is 0 Å². The second-order valence-corrected chi connectivity index (χ2v) is 5.49. The number of hydrogen-bond acceptors (Lipinski definition) is 3. The van der Waals surface area contributed by atoms with Gasteiger partial charge in [0.15, 0.2) is 17.3 Å². The van der Waals surface area contributed by atoms with Crippen molar-refractivity contribution in [3.63, 3.8) is 0 Å². The van der Waals surface area contributed by atoms with Crippen molar-refractivity contribution in [1.82, 2.24) is 0 Å². The van der Waals surface area contributed by atoms with Gasteiger partial charge in [0, 0.05) is 12.6 Å². The molecule has 0 aromatic heterocycles. The highest BCUT2D eigenvalue weighted by Crippen LogP contribution is 2.35. The predicted octanol–water partition coefficient (Wildman–Crippen LogP) is 4.71. The molecule has 0 atom stereocenters. The van der Waals surface area contributed by atoms with Crippen LogP contribution < -0.4 is 10.1 Å². The van der Waals surface area contributed by atoms with E-state index in [1.165, 1.54) is 7.11 Å². The Balaban J connectivity index is 2.23. The standard InChI is InChI=1S/C14H11BrClF2NO2/c1-21-12-3-7(2-9(15)14(12)20)6-19-13-10(16)4-8(17)5-11(13)18/h2-5,19-20H,6H2,1H3. The van der Waals surface area contributed by atoms with Crippen LogP contribution in [0.25, 0.3) is 0 Å². The van der Waals surface area contributed by atoms with Crippen LogP contribution in [0.5, 0.6) is 11.5 Å². The van der Waals surface area contributed by atoms with Crippen LogP contribution in [0.15, 0.2) is 28.7 Å². The molecule has 0 spiro atoms. The maximum Gasteiger partial charge on any atom is 0.172 e. The van der Waals surface area contributed by atoms with Crippen molar-refractivity contribution in [1.29, 1.82) is 0 Å². The van der Waals surface area contributed by atoms with Crippen LogP contribution in [-0.4, -0.2) is 12.2 Å². The molecule has 7 heteroatoms. The summed E-state index contributed by atoms with van der Waals surface area (Å²) in [5.41, 5.74) is 0.734. The topological polar surface area (TPSA) is 41.5 Å². The summed E-state index contributed by atoms with van der Waals surface area (Å²) in [5, 5.41) is 12.5. The lowest BCUT2D eigenvalue weighted by molar-refractivity contribution is 0.371. The Morgan fingerprint density at radius 2 is 2.00 bits per heavy atom. The van der Waals surface area contributed by atoms with Gasteiger partial charge in [-0.05, 0) is 39.7 Å². The molecule has 21 heavy (non-hydrogen) atoms. The summed E-state index contributed by atoms with van der Waals surface area (Å²) >= 11 is 8.99. The Morgan fingerprint density at radius 3 is 2.62 bits per heavy atom. The monoisotopic (exact) mass is 377 g/mol. The zero-order valence-corrected chi connectivity index (χ0v) is 13.2. The largest absolute Gasteiger partial charge is 0.503 e. The Kier molecular flexibility index (Phi) is 4.90. The second-order valence-electron chi connectivity index (χ2n) is 4.23. The van der Waals surface area contributed by atoms with Gasteiger partial charge in [0.2, 0.25) is 0 Å². The van der Waals surface area contributed by atoms with Crippen LogP contribution in [-0.2, 0) is 6.54 Å². The molecule has 0 amide bonds. The van der Waals surface area contributed by atoms with Gasteiger partial charge in [-0.1, -0.05) is 11.6 Å². The van der Waals surface area contributed by atoms with Gasteiger partial charge in [0.05, 0.1) is 22.3 Å². The Labute approximate surface area is 133 Å². The van der Waals surface area contributed by atoms with Crippen LogP contribution in [0, 0.1) is 11.6 Å². The van der Waals surface area contributed by atoms with E-state index in [9.17, 15) is 13.9 Å². The van der Waals surface area contributed by atoms with Gasteiger partial charge < -0.3 is 15.2 Å². The first kappa shape index (κ1) is 15.9. The third-order valence-corrected chi connectivity index (χ3v) is 3.69. The number of methoxy groups -OCH3 is 1. The van der Waals surface area contributed by atoms with Crippen LogP contribution in [0.1, 0.15) is 5.56 Å². The third-order valence-electron chi connectivity index (χ3n) is 2.78. The quantitative estimate of drug-likeness (QED) is 0.810. The van der Waals surface area contributed by atoms with E-state index < -0.39 is 11.6 Å². The molecule has 0 unspecified atom stereocenters. The lowest BCUT2D eigenvalue weighted by Gasteiger charge is -2.12. The van der Waals surface area contributed by atoms with Crippen molar-refractivity contribution < 1.29 is 18.6 Å². The first-order valence-electron chi connectivity index (χ1n) is 5.86. The number of halogens is 4. The number of aromatic hydroxyl groups is 1. The van der Waals surface area contributed by atoms with Gasteiger partial charge in [-0.15, -0.1) is 0 Å². The number of nitrogens with one attached hydrogen (secondary N) is 1. The van der Waals surface area contributed by atoms with E-state index in [4.69, 9.17) is 16.3 Å². The number of benzene rings is 2. The molecule has 0 aliphatic rings. The fourth-order valence-electron chi connectivity index (χ4n) is 1.79. The zero-order valence-electron chi connectivity index (χ0n) is 10.9. The maximum atomic E-state index is 13.6. The lowest BCUT2D eigenvalue weighted by atomic mass is 10.2. The minimum absolute atomic E-state index is 0.0150. The molecular formula is C14H11BrClF2NO2. The van der Waals surface area contributed by atoms with E-state index >= 15 is 0 Å². The molecule has 2 rings (SSSR count). The lowest BCUT2D eigenvalue weighted by Crippen LogP contribution is -2.03. The molecule has 0 fully saturated rings. The molecule has 0 bridgehead atoms. The van der Waals surface area contributed by atoms with Crippen molar-refractivity contribution in [2.75, 3.05) is 12.4 Å². The van der Waals surface area contributed by atoms with Gasteiger partial charge in [-0.2, -0.15) is 0 Å². The van der Waals surface area contributed by atoms with Gasteiger partial charge >= 0.3 is 0 Å². The number of phenolic OH excluding ortho intramolecular Hbond substituents is 1. The molecule has 112 valence electrons. The highest BCUT2D eigenvalue weighted by atomic mass is 79.9. The van der Waals surface area contributed by atoms with E-state index in [2.05, 4.69) is 21.2 Å². The Bertz CT molecular complexity index is 659. The first-order valence-corrected chi connectivity index (χ1v) is 7.03. The fraction of sp³-hybridized carbons (Fsp3) is 0.143. The second kappa shape index (κ2) is 6.49. The minimum atomic E-state index is -0.773. The highest BCUT2D eigenvalue weighted by molar-refractivity contribution is 9.10. The van der Waals surface area contributed by atoms with E-state index in [-0.39, 0.29) is 28.8 Å². The van der Waals surface area contributed by atoms with Crippen molar-refractivity contribution in [3.05, 3.63) is 51.0 Å². The van der Waals surface area contributed by atoms with Gasteiger partial charge in [-0.3, -0.25) is 0 Å². The number of hydrogen-bond donors (Lipinski definition) is 2. The van der Waals surface area contributed by atoms with Gasteiger partial charge in [0.1, 0.15) is 5.82 Å². The van der Waals surface area contributed by atoms with Crippen molar-refractivity contribution in [2.45, 2.75) is 6.54 Å². The molecule has 2 N–H and O–H groups in total. The number of anilines is 1. The SMILES string of the molecule is COc1cc(CNc2c(F)cc(F)cc2Cl)cc(Br)c1O. The summed E-state index contributed by atoms with van der Waals surface area (Å²) in [7, 11) is 1.43. The fourth-order valence-corrected chi connectivity index (χ4v) is 2.54. The summed E-state index contributed by atoms with van der Waals surface area (Å²) < 4.78 is 32.1. The smallest absolute Gasteiger partial charge is 0.172 e. The molecule has 0 radical (unpaired) electrons. The minimum Gasteiger partial charge on any atom is -0.503 e. The van der Waals surface area contributed by atoms with E-state index in [1.54, 1.807) is 12.1 Å². The highest BCUT2D eigenvalue weighted by Gasteiger charge is 2.12. The molecule has 0 aliphatic carbocycles. The number of rotatable bonds is 4. The maximum absolute atomic E-state index is 13.6. The summed E-state index contributed by atoms with van der Waals surface area (Å²) in [6.07, 6.45) is 0. The van der Waals surface area contributed by atoms with Crippen LogP contribution >= 0.6 is 27.5 Å². The van der Waals surface area contributed by atoms with E-state index in [0.717, 1.165) is 17.7 Å².